The first-order valence-electron chi connectivity index (χ1n) is 4.74. The number of hydrogen-bond acceptors (Lipinski definition) is 2. The van der Waals surface area contributed by atoms with Crippen LogP contribution in [0.3, 0.4) is 0 Å². The van der Waals surface area contributed by atoms with Crippen LogP contribution in [0.5, 0.6) is 0 Å². The second-order valence-corrected chi connectivity index (χ2v) is 4.12. The van der Waals surface area contributed by atoms with Gasteiger partial charge in [-0.25, -0.2) is 0 Å². The lowest BCUT2D eigenvalue weighted by molar-refractivity contribution is 0.142. The molecule has 0 spiro atoms. The van der Waals surface area contributed by atoms with Gasteiger partial charge in [0.2, 0.25) is 0 Å². The molecule has 2 heteroatoms. The van der Waals surface area contributed by atoms with Gasteiger partial charge in [-0.3, -0.25) is 0 Å². The molecule has 1 aliphatic carbocycles. The largest absolute Gasteiger partial charge is 0.315 e. The summed E-state index contributed by atoms with van der Waals surface area (Å²) in [6, 6.07) is 0. The normalized spacial score (nSPS) is 43.9. The molecule has 0 radical (unpaired) electrons. The average Bonchev–Trinajstić information content (AvgIpc) is 2.05. The van der Waals surface area contributed by atoms with Gasteiger partial charge < -0.3 is 10.6 Å². The third-order valence-corrected chi connectivity index (χ3v) is 3.37. The summed E-state index contributed by atoms with van der Waals surface area (Å²) in [5.74, 6) is 0.949. The Labute approximate surface area is 68.7 Å². The number of nitrogens with one attached hydrogen (secondary N) is 2. The molecule has 64 valence electrons. The van der Waals surface area contributed by atoms with Crippen LogP contribution in [0.25, 0.3) is 0 Å². The van der Waals surface area contributed by atoms with Crippen molar-refractivity contribution < 1.29 is 0 Å². The maximum absolute atomic E-state index is 3.52. The summed E-state index contributed by atoms with van der Waals surface area (Å²) in [4.78, 5) is 0. The van der Waals surface area contributed by atoms with Crippen LogP contribution in [-0.2, 0) is 0 Å². The van der Waals surface area contributed by atoms with E-state index in [2.05, 4.69) is 17.7 Å². The Morgan fingerprint density at radius 2 is 2.45 bits per heavy atom. The van der Waals surface area contributed by atoms with Crippen molar-refractivity contribution in [3.63, 3.8) is 0 Å². The number of fused-ring (bicyclic) bond motifs is 2. The predicted molar refractivity (Wildman–Crippen MR) is 46.6 cm³/mol. The fraction of sp³-hybridized carbons (Fsp3) is 1.00. The van der Waals surface area contributed by atoms with Gasteiger partial charge in [-0.1, -0.05) is 6.42 Å². The van der Waals surface area contributed by atoms with Gasteiger partial charge >= 0.3 is 0 Å². The van der Waals surface area contributed by atoms with Crippen LogP contribution < -0.4 is 10.6 Å². The molecule has 2 aliphatic rings. The number of likely N-dealkylation sites (N-methyl/N-ethyl adjacent to an activating group) is 1. The summed E-state index contributed by atoms with van der Waals surface area (Å²) < 4.78 is 0. The second kappa shape index (κ2) is 2.76. The fourth-order valence-corrected chi connectivity index (χ4v) is 2.65. The number of rotatable bonds is 1. The summed E-state index contributed by atoms with van der Waals surface area (Å²) in [5.41, 5.74) is 0.459. The van der Waals surface area contributed by atoms with Crippen LogP contribution in [-0.4, -0.2) is 25.7 Å². The van der Waals surface area contributed by atoms with Crippen LogP contribution in [0.4, 0.5) is 0 Å². The molecule has 1 aliphatic heterocycles. The summed E-state index contributed by atoms with van der Waals surface area (Å²) >= 11 is 0. The van der Waals surface area contributed by atoms with Crippen molar-refractivity contribution >= 4 is 0 Å². The minimum atomic E-state index is 0.459. The highest BCUT2D eigenvalue weighted by atomic mass is 15.0. The summed E-state index contributed by atoms with van der Waals surface area (Å²) in [6.07, 6.45) is 5.63. The van der Waals surface area contributed by atoms with E-state index in [4.69, 9.17) is 0 Å². The first-order chi connectivity index (χ1) is 5.35. The van der Waals surface area contributed by atoms with Crippen molar-refractivity contribution in [1.82, 2.24) is 10.6 Å². The molecule has 2 nitrogen and oxygen atoms in total. The SMILES string of the molecule is CNC12CCCC(CNC1)C2. The maximum Gasteiger partial charge on any atom is 0.0306 e. The molecule has 1 heterocycles. The van der Waals surface area contributed by atoms with Crippen LogP contribution in [0.2, 0.25) is 0 Å². The van der Waals surface area contributed by atoms with Gasteiger partial charge in [-0.05, 0) is 38.8 Å². The predicted octanol–water partition coefficient (Wildman–Crippen LogP) is 0.738. The van der Waals surface area contributed by atoms with E-state index in [0.717, 1.165) is 5.92 Å². The third kappa shape index (κ3) is 1.30. The average molecular weight is 154 g/mol. The Hall–Kier alpha value is -0.0800. The van der Waals surface area contributed by atoms with Crippen molar-refractivity contribution in [1.29, 1.82) is 0 Å². The Morgan fingerprint density at radius 3 is 3.18 bits per heavy atom. The molecule has 1 saturated heterocycles. The first kappa shape index (κ1) is 7.56. The zero-order valence-electron chi connectivity index (χ0n) is 7.32. The van der Waals surface area contributed by atoms with Crippen LogP contribution >= 0.6 is 0 Å². The number of hydrogen-bond donors (Lipinski definition) is 2. The van der Waals surface area contributed by atoms with Crippen LogP contribution in [0.15, 0.2) is 0 Å². The van der Waals surface area contributed by atoms with Gasteiger partial charge in [-0.2, -0.15) is 0 Å². The maximum atomic E-state index is 3.52. The fourth-order valence-electron chi connectivity index (χ4n) is 2.65. The van der Waals surface area contributed by atoms with Crippen LogP contribution in [0.1, 0.15) is 25.7 Å². The van der Waals surface area contributed by atoms with Gasteiger partial charge in [0.15, 0.2) is 0 Å². The minimum absolute atomic E-state index is 0.459. The van der Waals surface area contributed by atoms with E-state index in [1.165, 1.54) is 38.8 Å². The highest BCUT2D eigenvalue weighted by Gasteiger charge is 2.37. The molecule has 2 fully saturated rings. The van der Waals surface area contributed by atoms with E-state index in [0.29, 0.717) is 5.54 Å². The summed E-state index contributed by atoms with van der Waals surface area (Å²) in [6.45, 7) is 2.43. The molecular weight excluding hydrogens is 136 g/mol. The first-order valence-corrected chi connectivity index (χ1v) is 4.74. The van der Waals surface area contributed by atoms with Gasteiger partial charge in [0, 0.05) is 12.1 Å². The molecule has 0 amide bonds. The third-order valence-electron chi connectivity index (χ3n) is 3.37. The van der Waals surface area contributed by atoms with Crippen molar-refractivity contribution in [3.05, 3.63) is 0 Å². The Kier molecular flexibility index (Phi) is 1.90. The van der Waals surface area contributed by atoms with Gasteiger partial charge in [0.1, 0.15) is 0 Å². The summed E-state index contributed by atoms with van der Waals surface area (Å²) in [5, 5.41) is 7.00. The molecular formula is C9H18N2. The van der Waals surface area contributed by atoms with Crippen LogP contribution in [0, 0.1) is 5.92 Å². The molecule has 2 atom stereocenters. The Bertz CT molecular complexity index is 134. The second-order valence-electron chi connectivity index (χ2n) is 4.12. The van der Waals surface area contributed by atoms with E-state index in [9.17, 15) is 0 Å². The molecule has 0 aromatic carbocycles. The zero-order valence-corrected chi connectivity index (χ0v) is 7.32. The molecule has 0 aromatic rings. The van der Waals surface area contributed by atoms with Crippen molar-refractivity contribution in [2.24, 2.45) is 5.92 Å². The van der Waals surface area contributed by atoms with E-state index >= 15 is 0 Å². The molecule has 2 bridgehead atoms. The van der Waals surface area contributed by atoms with Gasteiger partial charge in [0.25, 0.3) is 0 Å². The molecule has 2 rings (SSSR count). The molecule has 2 N–H and O–H groups in total. The van der Waals surface area contributed by atoms with E-state index < -0.39 is 0 Å². The number of piperidine rings is 1. The highest BCUT2D eigenvalue weighted by molar-refractivity contribution is 4.98. The smallest absolute Gasteiger partial charge is 0.0306 e. The van der Waals surface area contributed by atoms with E-state index in [1.54, 1.807) is 0 Å². The molecule has 1 saturated carbocycles. The monoisotopic (exact) mass is 154 g/mol. The lowest BCUT2D eigenvalue weighted by Gasteiger charge is -2.45. The lowest BCUT2D eigenvalue weighted by atomic mass is 9.73. The zero-order chi connectivity index (χ0) is 7.73. The quantitative estimate of drug-likeness (QED) is 0.582. The minimum Gasteiger partial charge on any atom is -0.315 e. The van der Waals surface area contributed by atoms with Crippen molar-refractivity contribution in [3.8, 4) is 0 Å². The van der Waals surface area contributed by atoms with Crippen molar-refractivity contribution in [2.75, 3.05) is 20.1 Å². The van der Waals surface area contributed by atoms with E-state index in [1.807, 2.05) is 0 Å². The Morgan fingerprint density at radius 1 is 1.55 bits per heavy atom. The lowest BCUT2D eigenvalue weighted by Crippen LogP contribution is -2.58. The van der Waals surface area contributed by atoms with Crippen molar-refractivity contribution in [2.45, 2.75) is 31.2 Å². The Balaban J connectivity index is 2.07. The van der Waals surface area contributed by atoms with Gasteiger partial charge in [0.05, 0.1) is 0 Å². The summed E-state index contributed by atoms with van der Waals surface area (Å²) in [7, 11) is 2.11. The standard InChI is InChI=1S/C9H18N2/c1-10-9-4-2-3-8(5-9)6-11-7-9/h8,10-11H,2-7H2,1H3. The van der Waals surface area contributed by atoms with E-state index in [-0.39, 0.29) is 0 Å². The molecule has 0 aromatic heterocycles. The molecule has 11 heavy (non-hydrogen) atoms. The molecule has 2 unspecified atom stereocenters. The topological polar surface area (TPSA) is 24.1 Å². The highest BCUT2D eigenvalue weighted by Crippen LogP contribution is 2.33. The van der Waals surface area contributed by atoms with Gasteiger partial charge in [-0.15, -0.1) is 0 Å².